The first-order valence-corrected chi connectivity index (χ1v) is 5.65. The molecule has 0 spiro atoms. The number of amides is 1. The van der Waals surface area contributed by atoms with Crippen LogP contribution in [0.2, 0.25) is 0 Å². The maximum atomic E-state index is 11.4. The summed E-state index contributed by atoms with van der Waals surface area (Å²) in [6.07, 6.45) is 1.39. The van der Waals surface area contributed by atoms with Gasteiger partial charge in [-0.05, 0) is 12.1 Å². The van der Waals surface area contributed by atoms with E-state index in [1.54, 1.807) is 24.3 Å². The molecule has 6 heteroatoms. The number of carbonyl (C=O) groups excluding carboxylic acids is 1. The first-order valence-electron chi connectivity index (χ1n) is 5.65. The van der Waals surface area contributed by atoms with Gasteiger partial charge in [-0.2, -0.15) is 0 Å². The highest BCUT2D eigenvalue weighted by Gasteiger charge is 2.15. The molecule has 1 amide bonds. The Morgan fingerprint density at radius 3 is 2.84 bits per heavy atom. The number of nitrogens with two attached hydrogens (primary N) is 1. The predicted molar refractivity (Wildman–Crippen MR) is 67.1 cm³/mol. The van der Waals surface area contributed by atoms with E-state index >= 15 is 0 Å². The van der Waals surface area contributed by atoms with Crippen LogP contribution < -0.4 is 16.0 Å². The Morgan fingerprint density at radius 2 is 2.11 bits per heavy atom. The number of aliphatic hydroxyl groups is 1. The van der Waals surface area contributed by atoms with Crippen molar-refractivity contribution in [2.75, 3.05) is 0 Å². The van der Waals surface area contributed by atoms with Gasteiger partial charge in [0, 0.05) is 11.1 Å². The summed E-state index contributed by atoms with van der Waals surface area (Å²) in [7, 11) is 0. The van der Waals surface area contributed by atoms with E-state index in [2.05, 4.69) is 0 Å². The van der Waals surface area contributed by atoms with Gasteiger partial charge in [0.05, 0.1) is 12.9 Å². The number of rotatable bonds is 5. The Bertz CT molecular complexity index is 565. The van der Waals surface area contributed by atoms with E-state index in [1.807, 2.05) is 11.5 Å². The molecule has 1 aromatic heterocycles. The van der Waals surface area contributed by atoms with Gasteiger partial charge in [0.2, 0.25) is 0 Å². The van der Waals surface area contributed by atoms with Gasteiger partial charge < -0.3 is 14.3 Å². The smallest absolute Gasteiger partial charge is 0.301 e. The summed E-state index contributed by atoms with van der Waals surface area (Å²) < 4.78 is 10.6. The second-order valence-corrected chi connectivity index (χ2v) is 3.80. The molecule has 19 heavy (non-hydrogen) atoms. The lowest BCUT2D eigenvalue weighted by atomic mass is 10.2. The average Bonchev–Trinajstić information content (AvgIpc) is 2.93. The van der Waals surface area contributed by atoms with Crippen molar-refractivity contribution in [3.05, 3.63) is 53.5 Å². The maximum absolute atomic E-state index is 11.4. The number of benzene rings is 1. The lowest BCUT2D eigenvalue weighted by Gasteiger charge is -2.09. The van der Waals surface area contributed by atoms with Gasteiger partial charge in [0.1, 0.15) is 12.4 Å². The summed E-state index contributed by atoms with van der Waals surface area (Å²) >= 11 is 0. The number of aliphatic hydroxyl groups excluding tert-OH is 1. The van der Waals surface area contributed by atoms with Crippen molar-refractivity contribution in [1.29, 1.82) is 0 Å². The van der Waals surface area contributed by atoms with E-state index in [1.165, 1.54) is 6.26 Å². The van der Waals surface area contributed by atoms with E-state index < -0.39 is 5.91 Å². The zero-order valence-corrected chi connectivity index (χ0v) is 10.1. The number of nitrogen functional groups attached to an aromatic ring is 1. The molecule has 1 heterocycles. The standard InChI is InChI=1S/C13H14N2O4/c14-15-13(17)12-10(5-6-18-12)8-19-11-4-2-1-3-9(11)7-16/h1-6,16H,7-8,14H2,(H,15,17). The van der Waals surface area contributed by atoms with Crippen molar-refractivity contribution < 1.29 is 19.1 Å². The summed E-state index contributed by atoms with van der Waals surface area (Å²) in [4.78, 5) is 11.4. The average molecular weight is 262 g/mol. The molecule has 6 nitrogen and oxygen atoms in total. The van der Waals surface area contributed by atoms with Crippen LogP contribution >= 0.6 is 0 Å². The van der Waals surface area contributed by atoms with Crippen LogP contribution in [0.3, 0.4) is 0 Å². The minimum Gasteiger partial charge on any atom is -0.488 e. The van der Waals surface area contributed by atoms with Crippen LogP contribution in [-0.2, 0) is 13.2 Å². The van der Waals surface area contributed by atoms with Gasteiger partial charge in [-0.3, -0.25) is 10.2 Å². The summed E-state index contributed by atoms with van der Waals surface area (Å²) in [6.45, 7) is 0.0357. The molecule has 0 aliphatic heterocycles. The fraction of sp³-hybridized carbons (Fsp3) is 0.154. The zero-order chi connectivity index (χ0) is 13.7. The minimum absolute atomic E-state index is 0.113. The number of furan rings is 1. The van der Waals surface area contributed by atoms with Gasteiger partial charge in [0.25, 0.3) is 0 Å². The van der Waals surface area contributed by atoms with Crippen LogP contribution in [-0.4, -0.2) is 11.0 Å². The second kappa shape index (κ2) is 6.03. The van der Waals surface area contributed by atoms with Crippen molar-refractivity contribution in [2.45, 2.75) is 13.2 Å². The summed E-state index contributed by atoms with van der Waals surface area (Å²) in [6, 6.07) is 8.75. The summed E-state index contributed by atoms with van der Waals surface area (Å²) in [5, 5.41) is 9.18. The van der Waals surface area contributed by atoms with Crippen molar-refractivity contribution in [2.24, 2.45) is 5.84 Å². The highest BCUT2D eigenvalue weighted by atomic mass is 16.5. The number of carbonyl (C=O) groups is 1. The van der Waals surface area contributed by atoms with E-state index in [9.17, 15) is 9.90 Å². The molecule has 4 N–H and O–H groups in total. The highest BCUT2D eigenvalue weighted by molar-refractivity contribution is 5.92. The number of hydrogen-bond acceptors (Lipinski definition) is 5. The zero-order valence-electron chi connectivity index (χ0n) is 10.1. The molecule has 0 aliphatic carbocycles. The molecular formula is C13H14N2O4. The van der Waals surface area contributed by atoms with Gasteiger partial charge >= 0.3 is 5.91 Å². The van der Waals surface area contributed by atoms with E-state index in [4.69, 9.17) is 15.0 Å². The first kappa shape index (κ1) is 13.1. The Kier molecular flexibility index (Phi) is 4.17. The van der Waals surface area contributed by atoms with Crippen LogP contribution in [0.15, 0.2) is 41.0 Å². The van der Waals surface area contributed by atoms with E-state index in [0.29, 0.717) is 16.9 Å². The minimum atomic E-state index is -0.515. The highest BCUT2D eigenvalue weighted by Crippen LogP contribution is 2.20. The SMILES string of the molecule is NNC(=O)c1occc1COc1ccccc1CO. The molecule has 0 unspecified atom stereocenters. The lowest BCUT2D eigenvalue weighted by molar-refractivity contribution is 0.0922. The number of hydrogen-bond donors (Lipinski definition) is 3. The number of hydrazine groups is 1. The second-order valence-electron chi connectivity index (χ2n) is 3.80. The maximum Gasteiger partial charge on any atom is 0.301 e. The van der Waals surface area contributed by atoms with Crippen molar-refractivity contribution in [3.8, 4) is 5.75 Å². The number of nitrogens with one attached hydrogen (secondary N) is 1. The van der Waals surface area contributed by atoms with Crippen molar-refractivity contribution in [3.63, 3.8) is 0 Å². The Balaban J connectivity index is 2.11. The number of para-hydroxylation sites is 1. The molecule has 0 saturated heterocycles. The Hall–Kier alpha value is -2.31. The quantitative estimate of drug-likeness (QED) is 0.423. The van der Waals surface area contributed by atoms with Crippen molar-refractivity contribution >= 4 is 5.91 Å². The Labute approximate surface area is 109 Å². The molecule has 2 aromatic rings. The lowest BCUT2D eigenvalue weighted by Crippen LogP contribution is -2.30. The molecule has 2 rings (SSSR count). The van der Waals surface area contributed by atoms with Gasteiger partial charge in [-0.15, -0.1) is 0 Å². The topological polar surface area (TPSA) is 97.7 Å². The third-order valence-electron chi connectivity index (χ3n) is 2.61. The van der Waals surface area contributed by atoms with Gasteiger partial charge in [-0.1, -0.05) is 18.2 Å². The van der Waals surface area contributed by atoms with E-state index in [0.717, 1.165) is 0 Å². The largest absolute Gasteiger partial charge is 0.488 e. The van der Waals surface area contributed by atoms with E-state index in [-0.39, 0.29) is 19.0 Å². The van der Waals surface area contributed by atoms with Crippen LogP contribution in [0, 0.1) is 0 Å². The van der Waals surface area contributed by atoms with Gasteiger partial charge in [-0.25, -0.2) is 5.84 Å². The fourth-order valence-corrected chi connectivity index (χ4v) is 1.64. The van der Waals surface area contributed by atoms with Crippen LogP contribution in [0.4, 0.5) is 0 Å². The molecule has 0 atom stereocenters. The molecular weight excluding hydrogens is 248 g/mol. The van der Waals surface area contributed by atoms with Crippen LogP contribution in [0.5, 0.6) is 5.75 Å². The molecule has 0 aliphatic rings. The monoisotopic (exact) mass is 262 g/mol. The summed E-state index contributed by atoms with van der Waals surface area (Å²) in [5.41, 5.74) is 3.26. The van der Waals surface area contributed by atoms with Crippen LogP contribution in [0.1, 0.15) is 21.7 Å². The molecule has 0 radical (unpaired) electrons. The third-order valence-corrected chi connectivity index (χ3v) is 2.61. The Morgan fingerprint density at radius 1 is 1.32 bits per heavy atom. The third kappa shape index (κ3) is 2.93. The molecule has 0 bridgehead atoms. The molecule has 100 valence electrons. The molecule has 0 fully saturated rings. The predicted octanol–water partition coefficient (Wildman–Crippen LogP) is 0.954. The molecule has 0 saturated carbocycles. The van der Waals surface area contributed by atoms with Gasteiger partial charge in [0.15, 0.2) is 5.76 Å². The molecule has 1 aromatic carbocycles. The number of ether oxygens (including phenoxy) is 1. The first-order chi connectivity index (χ1) is 9.26. The fourth-order valence-electron chi connectivity index (χ4n) is 1.64. The summed E-state index contributed by atoms with van der Waals surface area (Å²) in [5.74, 6) is 5.21. The normalized spacial score (nSPS) is 10.2. The van der Waals surface area contributed by atoms with Crippen molar-refractivity contribution in [1.82, 2.24) is 5.43 Å². The van der Waals surface area contributed by atoms with Crippen LogP contribution in [0.25, 0.3) is 0 Å².